The fraction of sp³-hybridized carbons (Fsp3) is 0.316. The number of hydrogen-bond acceptors (Lipinski definition) is 4. The van der Waals surface area contributed by atoms with Gasteiger partial charge >= 0.3 is 0 Å². The Kier molecular flexibility index (Phi) is 5.01. The molecule has 0 saturated carbocycles. The number of phenolic OH excluding ortho intramolecular Hbond substituents is 1. The topological polar surface area (TPSA) is 64.0 Å². The van der Waals surface area contributed by atoms with Crippen LogP contribution in [0.5, 0.6) is 5.75 Å². The Morgan fingerprint density at radius 1 is 0.958 bits per heavy atom. The molecule has 3 rings (SSSR count). The van der Waals surface area contributed by atoms with E-state index in [2.05, 4.69) is 4.90 Å². The van der Waals surface area contributed by atoms with Crippen molar-refractivity contribution in [3.8, 4) is 5.75 Å². The number of carbonyl (C=O) groups is 1. The van der Waals surface area contributed by atoms with Crippen molar-refractivity contribution in [3.05, 3.63) is 59.7 Å². The molecule has 1 fully saturated rings. The number of hydrogen-bond donors (Lipinski definition) is 2. The van der Waals surface area contributed by atoms with Crippen LogP contribution in [-0.4, -0.2) is 47.2 Å². The second-order valence-corrected chi connectivity index (χ2v) is 6.04. The molecule has 24 heavy (non-hydrogen) atoms. The van der Waals surface area contributed by atoms with Crippen molar-refractivity contribution >= 4 is 11.6 Å². The van der Waals surface area contributed by atoms with E-state index in [0.29, 0.717) is 19.5 Å². The molecule has 2 aromatic rings. The van der Waals surface area contributed by atoms with E-state index in [0.717, 1.165) is 29.9 Å². The van der Waals surface area contributed by atoms with Gasteiger partial charge in [-0.15, -0.1) is 0 Å². The Hall–Kier alpha value is -2.53. The highest BCUT2D eigenvalue weighted by atomic mass is 16.3. The standard InChI is InChI=1S/C19H22N2O3/c22-14-16-3-1-2-15(12-16)13-19(24)21-10-8-20(9-11-21)17-4-6-18(23)7-5-17/h1-7,12,22-23H,8-11,13-14H2. The summed E-state index contributed by atoms with van der Waals surface area (Å²) in [6, 6.07) is 14.7. The van der Waals surface area contributed by atoms with Gasteiger partial charge in [0.2, 0.25) is 5.91 Å². The number of piperazine rings is 1. The van der Waals surface area contributed by atoms with E-state index >= 15 is 0 Å². The van der Waals surface area contributed by atoms with Crippen molar-refractivity contribution in [2.24, 2.45) is 0 Å². The highest BCUT2D eigenvalue weighted by molar-refractivity contribution is 5.79. The summed E-state index contributed by atoms with van der Waals surface area (Å²) in [6.07, 6.45) is 0.368. The van der Waals surface area contributed by atoms with Crippen LogP contribution in [0, 0.1) is 0 Å². The molecule has 0 spiro atoms. The maximum atomic E-state index is 12.5. The van der Waals surface area contributed by atoms with Crippen LogP contribution in [0.1, 0.15) is 11.1 Å². The zero-order chi connectivity index (χ0) is 16.9. The molecule has 0 radical (unpaired) electrons. The van der Waals surface area contributed by atoms with E-state index in [9.17, 15) is 15.0 Å². The van der Waals surface area contributed by atoms with Gasteiger partial charge in [-0.25, -0.2) is 0 Å². The van der Waals surface area contributed by atoms with Gasteiger partial charge in [-0.2, -0.15) is 0 Å². The molecule has 0 atom stereocenters. The summed E-state index contributed by atoms with van der Waals surface area (Å²) < 4.78 is 0. The van der Waals surface area contributed by atoms with Gasteiger partial charge in [-0.05, 0) is 35.4 Å². The van der Waals surface area contributed by atoms with Crippen molar-refractivity contribution in [3.63, 3.8) is 0 Å². The Morgan fingerprint density at radius 3 is 2.29 bits per heavy atom. The van der Waals surface area contributed by atoms with Crippen molar-refractivity contribution in [1.82, 2.24) is 4.90 Å². The van der Waals surface area contributed by atoms with Crippen molar-refractivity contribution < 1.29 is 15.0 Å². The van der Waals surface area contributed by atoms with Crippen molar-refractivity contribution in [2.45, 2.75) is 13.0 Å². The smallest absolute Gasteiger partial charge is 0.227 e. The van der Waals surface area contributed by atoms with Gasteiger partial charge in [0, 0.05) is 31.9 Å². The average molecular weight is 326 g/mol. The summed E-state index contributed by atoms with van der Waals surface area (Å²) in [7, 11) is 0. The van der Waals surface area contributed by atoms with Crippen LogP contribution in [0.25, 0.3) is 0 Å². The van der Waals surface area contributed by atoms with E-state index in [1.54, 1.807) is 12.1 Å². The molecule has 126 valence electrons. The first-order valence-electron chi connectivity index (χ1n) is 8.16. The van der Waals surface area contributed by atoms with Crippen LogP contribution in [-0.2, 0) is 17.8 Å². The Morgan fingerprint density at radius 2 is 1.62 bits per heavy atom. The molecule has 1 aliphatic rings. The SMILES string of the molecule is O=C(Cc1cccc(CO)c1)N1CCN(c2ccc(O)cc2)CC1. The van der Waals surface area contributed by atoms with Crippen LogP contribution in [0.2, 0.25) is 0 Å². The molecule has 1 aliphatic heterocycles. The van der Waals surface area contributed by atoms with Gasteiger partial charge in [0.25, 0.3) is 0 Å². The summed E-state index contributed by atoms with van der Waals surface area (Å²) in [5, 5.41) is 18.5. The lowest BCUT2D eigenvalue weighted by atomic mass is 10.1. The molecule has 0 aliphatic carbocycles. The molecule has 1 heterocycles. The fourth-order valence-corrected chi connectivity index (χ4v) is 3.00. The number of anilines is 1. The number of aromatic hydroxyl groups is 1. The van der Waals surface area contributed by atoms with Gasteiger partial charge in [0.1, 0.15) is 5.75 Å². The van der Waals surface area contributed by atoms with E-state index < -0.39 is 0 Å². The van der Waals surface area contributed by atoms with E-state index in [-0.39, 0.29) is 18.3 Å². The highest BCUT2D eigenvalue weighted by Gasteiger charge is 2.21. The summed E-state index contributed by atoms with van der Waals surface area (Å²) in [5.41, 5.74) is 2.83. The first-order chi connectivity index (χ1) is 11.7. The lowest BCUT2D eigenvalue weighted by Crippen LogP contribution is -2.49. The van der Waals surface area contributed by atoms with Gasteiger partial charge in [0.05, 0.1) is 13.0 Å². The number of amides is 1. The normalized spacial score (nSPS) is 14.7. The number of rotatable bonds is 4. The third kappa shape index (κ3) is 3.86. The maximum absolute atomic E-state index is 12.5. The summed E-state index contributed by atoms with van der Waals surface area (Å²) in [5.74, 6) is 0.383. The predicted octanol–water partition coefficient (Wildman–Crippen LogP) is 1.78. The molecule has 0 bridgehead atoms. The third-order valence-corrected chi connectivity index (χ3v) is 4.38. The van der Waals surface area contributed by atoms with E-state index in [1.807, 2.05) is 41.3 Å². The number of benzene rings is 2. The van der Waals surface area contributed by atoms with Gasteiger partial charge < -0.3 is 20.0 Å². The predicted molar refractivity (Wildman–Crippen MR) is 93.0 cm³/mol. The number of aliphatic hydroxyl groups excluding tert-OH is 1. The van der Waals surface area contributed by atoms with Crippen LogP contribution >= 0.6 is 0 Å². The minimum absolute atomic E-state index is 0.00661. The first-order valence-corrected chi connectivity index (χ1v) is 8.16. The molecule has 2 aromatic carbocycles. The average Bonchev–Trinajstić information content (AvgIpc) is 2.62. The summed E-state index contributed by atoms with van der Waals surface area (Å²) in [4.78, 5) is 16.6. The largest absolute Gasteiger partial charge is 0.508 e. The molecular formula is C19H22N2O3. The summed E-state index contributed by atoms with van der Waals surface area (Å²) in [6.45, 7) is 2.95. The molecule has 1 saturated heterocycles. The van der Waals surface area contributed by atoms with Crippen molar-refractivity contribution in [2.75, 3.05) is 31.1 Å². The van der Waals surface area contributed by atoms with Gasteiger partial charge in [-0.3, -0.25) is 4.79 Å². The van der Waals surface area contributed by atoms with Crippen LogP contribution in [0.15, 0.2) is 48.5 Å². The zero-order valence-electron chi connectivity index (χ0n) is 13.6. The van der Waals surface area contributed by atoms with Crippen LogP contribution in [0.3, 0.4) is 0 Å². The third-order valence-electron chi connectivity index (χ3n) is 4.38. The fourth-order valence-electron chi connectivity index (χ4n) is 3.00. The molecule has 0 unspecified atom stereocenters. The van der Waals surface area contributed by atoms with Gasteiger partial charge in [-0.1, -0.05) is 24.3 Å². The molecule has 1 amide bonds. The number of carbonyl (C=O) groups excluding carboxylic acids is 1. The lowest BCUT2D eigenvalue weighted by Gasteiger charge is -2.36. The molecular weight excluding hydrogens is 304 g/mol. The maximum Gasteiger partial charge on any atom is 0.227 e. The number of phenols is 1. The second-order valence-electron chi connectivity index (χ2n) is 6.04. The second kappa shape index (κ2) is 7.36. The molecule has 5 nitrogen and oxygen atoms in total. The molecule has 2 N–H and O–H groups in total. The Labute approximate surface area is 141 Å². The van der Waals surface area contributed by atoms with E-state index in [4.69, 9.17) is 0 Å². The Bertz CT molecular complexity index is 692. The van der Waals surface area contributed by atoms with Crippen LogP contribution in [0.4, 0.5) is 5.69 Å². The minimum Gasteiger partial charge on any atom is -0.508 e. The minimum atomic E-state index is -0.00661. The number of aliphatic hydroxyl groups is 1. The highest BCUT2D eigenvalue weighted by Crippen LogP contribution is 2.20. The zero-order valence-corrected chi connectivity index (χ0v) is 13.6. The van der Waals surface area contributed by atoms with E-state index in [1.165, 1.54) is 0 Å². The lowest BCUT2D eigenvalue weighted by molar-refractivity contribution is -0.130. The van der Waals surface area contributed by atoms with Crippen LogP contribution < -0.4 is 4.90 Å². The monoisotopic (exact) mass is 326 g/mol. The Balaban J connectivity index is 1.55. The molecule has 0 aromatic heterocycles. The summed E-state index contributed by atoms with van der Waals surface area (Å²) >= 11 is 0. The molecule has 5 heteroatoms. The van der Waals surface area contributed by atoms with Crippen molar-refractivity contribution in [1.29, 1.82) is 0 Å². The number of nitrogens with zero attached hydrogens (tertiary/aromatic N) is 2. The van der Waals surface area contributed by atoms with Gasteiger partial charge in [0.15, 0.2) is 0 Å². The quantitative estimate of drug-likeness (QED) is 0.899. The first kappa shape index (κ1) is 16.3.